The zero-order valence-corrected chi connectivity index (χ0v) is 19.4. The summed E-state index contributed by atoms with van der Waals surface area (Å²) in [5.74, 6) is -0.896. The Labute approximate surface area is 193 Å². The van der Waals surface area contributed by atoms with Crippen LogP contribution in [0, 0.1) is 11.7 Å². The molecular weight excluding hydrogens is 445 g/mol. The van der Waals surface area contributed by atoms with Gasteiger partial charge < -0.3 is 10.2 Å². The zero-order chi connectivity index (χ0) is 23.6. The van der Waals surface area contributed by atoms with Crippen molar-refractivity contribution in [3.05, 3.63) is 59.4 Å². The lowest BCUT2D eigenvalue weighted by Crippen LogP contribution is -2.46. The predicted octanol–water partition coefficient (Wildman–Crippen LogP) is 3.42. The van der Waals surface area contributed by atoms with E-state index in [1.807, 2.05) is 12.1 Å². The van der Waals surface area contributed by atoms with E-state index in [2.05, 4.69) is 5.32 Å². The SMILES string of the molecule is CCS(=O)(=O)N1CCC(C(=O)N2CCCc3c(NC(=O)c4ccc(F)cc4)cccc32)CC1. The second-order valence-corrected chi connectivity index (χ2v) is 10.7. The normalized spacial score (nSPS) is 17.5. The minimum absolute atomic E-state index is 0.00603. The smallest absolute Gasteiger partial charge is 0.255 e. The van der Waals surface area contributed by atoms with Crippen molar-refractivity contribution >= 4 is 33.2 Å². The lowest BCUT2D eigenvalue weighted by molar-refractivity contribution is -0.123. The van der Waals surface area contributed by atoms with E-state index in [0.717, 1.165) is 24.1 Å². The topological polar surface area (TPSA) is 86.8 Å². The average Bonchev–Trinajstić information content (AvgIpc) is 2.84. The molecule has 0 bridgehead atoms. The lowest BCUT2D eigenvalue weighted by Gasteiger charge is -2.36. The largest absolute Gasteiger partial charge is 0.322 e. The van der Waals surface area contributed by atoms with Gasteiger partial charge in [-0.15, -0.1) is 0 Å². The van der Waals surface area contributed by atoms with Crippen LogP contribution in [0.25, 0.3) is 0 Å². The van der Waals surface area contributed by atoms with Crippen molar-refractivity contribution in [2.24, 2.45) is 5.92 Å². The first-order valence-corrected chi connectivity index (χ1v) is 12.9. The number of amides is 2. The number of hydrogen-bond acceptors (Lipinski definition) is 4. The fourth-order valence-electron chi connectivity index (χ4n) is 4.55. The van der Waals surface area contributed by atoms with E-state index in [4.69, 9.17) is 0 Å². The van der Waals surface area contributed by atoms with Gasteiger partial charge >= 0.3 is 0 Å². The van der Waals surface area contributed by atoms with Gasteiger partial charge in [-0.25, -0.2) is 17.1 Å². The van der Waals surface area contributed by atoms with Crippen LogP contribution in [0.4, 0.5) is 15.8 Å². The van der Waals surface area contributed by atoms with E-state index in [1.54, 1.807) is 17.9 Å². The molecule has 2 aliphatic rings. The molecule has 0 atom stereocenters. The van der Waals surface area contributed by atoms with Gasteiger partial charge in [0.15, 0.2) is 0 Å². The number of nitrogens with one attached hydrogen (secondary N) is 1. The van der Waals surface area contributed by atoms with Crippen LogP contribution in [0.15, 0.2) is 42.5 Å². The molecule has 2 aromatic carbocycles. The molecule has 0 radical (unpaired) electrons. The third-order valence-corrected chi connectivity index (χ3v) is 8.31. The molecule has 1 fully saturated rings. The molecular formula is C24H28FN3O4S. The number of piperidine rings is 1. The Morgan fingerprint density at radius 2 is 1.76 bits per heavy atom. The second kappa shape index (κ2) is 9.61. The molecule has 0 unspecified atom stereocenters. The standard InChI is InChI=1S/C24H28FN3O4S/c1-2-33(31,32)27-15-12-18(13-16-27)24(30)28-14-4-5-20-21(6-3-7-22(20)28)26-23(29)17-8-10-19(25)11-9-17/h3,6-11,18H,2,4-5,12-16H2,1H3,(H,26,29). The van der Waals surface area contributed by atoms with E-state index < -0.39 is 15.8 Å². The summed E-state index contributed by atoms with van der Waals surface area (Å²) in [6.45, 7) is 2.94. The molecule has 7 nitrogen and oxygen atoms in total. The van der Waals surface area contributed by atoms with Crippen molar-refractivity contribution in [1.82, 2.24) is 4.31 Å². The Morgan fingerprint density at radius 3 is 2.42 bits per heavy atom. The summed E-state index contributed by atoms with van der Waals surface area (Å²) in [6, 6.07) is 10.8. The maximum absolute atomic E-state index is 13.4. The summed E-state index contributed by atoms with van der Waals surface area (Å²) in [6.07, 6.45) is 2.51. The van der Waals surface area contributed by atoms with Crippen LogP contribution >= 0.6 is 0 Å². The highest BCUT2D eigenvalue weighted by Gasteiger charge is 2.34. The first-order valence-electron chi connectivity index (χ1n) is 11.3. The summed E-state index contributed by atoms with van der Waals surface area (Å²) in [7, 11) is -3.24. The van der Waals surface area contributed by atoms with E-state index in [-0.39, 0.29) is 23.5 Å². The monoisotopic (exact) mass is 473 g/mol. The van der Waals surface area contributed by atoms with E-state index in [9.17, 15) is 22.4 Å². The Kier molecular flexibility index (Phi) is 6.81. The van der Waals surface area contributed by atoms with Crippen LogP contribution < -0.4 is 10.2 Å². The van der Waals surface area contributed by atoms with Crippen molar-refractivity contribution in [3.8, 4) is 0 Å². The van der Waals surface area contributed by atoms with Crippen molar-refractivity contribution in [2.45, 2.75) is 32.6 Å². The lowest BCUT2D eigenvalue weighted by atomic mass is 9.93. The molecule has 2 heterocycles. The van der Waals surface area contributed by atoms with Gasteiger partial charge in [0, 0.05) is 42.5 Å². The Balaban J connectivity index is 1.50. The Bertz CT molecular complexity index is 1140. The van der Waals surface area contributed by atoms with E-state index in [1.165, 1.54) is 28.6 Å². The number of nitrogens with zero attached hydrogens (tertiary/aromatic N) is 2. The molecule has 1 saturated heterocycles. The summed E-state index contributed by atoms with van der Waals surface area (Å²) in [5, 5.41) is 2.90. The van der Waals surface area contributed by atoms with Crippen LogP contribution in [-0.4, -0.2) is 49.9 Å². The Morgan fingerprint density at radius 1 is 1.06 bits per heavy atom. The zero-order valence-electron chi connectivity index (χ0n) is 18.6. The van der Waals surface area contributed by atoms with Gasteiger partial charge in [0.1, 0.15) is 5.82 Å². The summed E-state index contributed by atoms with van der Waals surface area (Å²) < 4.78 is 38.9. The first-order chi connectivity index (χ1) is 15.8. The number of carbonyl (C=O) groups is 2. The van der Waals surface area contributed by atoms with Gasteiger partial charge in [-0.05, 0) is 74.6 Å². The summed E-state index contributed by atoms with van der Waals surface area (Å²) >= 11 is 0. The number of anilines is 2. The van der Waals surface area contributed by atoms with Crippen LogP contribution in [0.5, 0.6) is 0 Å². The van der Waals surface area contributed by atoms with Crippen molar-refractivity contribution in [2.75, 3.05) is 35.6 Å². The van der Waals surface area contributed by atoms with Crippen molar-refractivity contribution < 1.29 is 22.4 Å². The maximum atomic E-state index is 13.4. The fraction of sp³-hybridized carbons (Fsp3) is 0.417. The molecule has 1 N–H and O–H groups in total. The number of carbonyl (C=O) groups excluding carboxylic acids is 2. The van der Waals surface area contributed by atoms with Crippen LogP contribution in [0.1, 0.15) is 42.1 Å². The summed E-state index contributed by atoms with van der Waals surface area (Å²) in [5.41, 5.74) is 2.68. The molecule has 0 aromatic heterocycles. The quantitative estimate of drug-likeness (QED) is 0.721. The van der Waals surface area contributed by atoms with Gasteiger partial charge in [-0.3, -0.25) is 9.59 Å². The molecule has 2 aliphatic heterocycles. The minimum Gasteiger partial charge on any atom is -0.322 e. The van der Waals surface area contributed by atoms with E-state index >= 15 is 0 Å². The molecule has 176 valence electrons. The predicted molar refractivity (Wildman–Crippen MR) is 125 cm³/mol. The minimum atomic E-state index is -3.24. The van der Waals surface area contributed by atoms with Gasteiger partial charge in [-0.1, -0.05) is 6.07 Å². The highest BCUT2D eigenvalue weighted by molar-refractivity contribution is 7.89. The number of hydrogen-bond donors (Lipinski definition) is 1. The fourth-order valence-corrected chi connectivity index (χ4v) is 5.68. The molecule has 9 heteroatoms. The number of sulfonamides is 1. The van der Waals surface area contributed by atoms with Gasteiger partial charge in [0.05, 0.1) is 5.75 Å². The molecule has 33 heavy (non-hydrogen) atoms. The number of halogens is 1. The van der Waals surface area contributed by atoms with Gasteiger partial charge in [0.2, 0.25) is 15.9 Å². The molecule has 2 aromatic rings. The highest BCUT2D eigenvalue weighted by atomic mass is 32.2. The highest BCUT2D eigenvalue weighted by Crippen LogP contribution is 2.35. The van der Waals surface area contributed by atoms with Gasteiger partial charge in [0.25, 0.3) is 5.91 Å². The first kappa shape index (κ1) is 23.4. The molecule has 4 rings (SSSR count). The Hall–Kier alpha value is -2.78. The number of rotatable bonds is 5. The second-order valence-electron chi connectivity index (χ2n) is 8.43. The third-order valence-electron chi connectivity index (χ3n) is 6.43. The van der Waals surface area contributed by atoms with E-state index in [0.29, 0.717) is 43.7 Å². The molecule has 0 saturated carbocycles. The third kappa shape index (κ3) is 4.94. The number of benzene rings is 2. The molecule has 2 amide bonds. The summed E-state index contributed by atoms with van der Waals surface area (Å²) in [4.78, 5) is 27.8. The van der Waals surface area contributed by atoms with Gasteiger partial charge in [-0.2, -0.15) is 0 Å². The maximum Gasteiger partial charge on any atom is 0.255 e. The van der Waals surface area contributed by atoms with Crippen LogP contribution in [-0.2, 0) is 21.2 Å². The molecule has 0 aliphatic carbocycles. The van der Waals surface area contributed by atoms with Crippen molar-refractivity contribution in [3.63, 3.8) is 0 Å². The van der Waals surface area contributed by atoms with Crippen LogP contribution in [0.3, 0.4) is 0 Å². The van der Waals surface area contributed by atoms with Crippen molar-refractivity contribution in [1.29, 1.82) is 0 Å². The average molecular weight is 474 g/mol. The number of fused-ring (bicyclic) bond motifs is 1. The van der Waals surface area contributed by atoms with Crippen LogP contribution in [0.2, 0.25) is 0 Å². The molecule has 0 spiro atoms.